The molecule has 9 nitrogen and oxygen atoms in total. The van der Waals surface area contributed by atoms with Crippen molar-refractivity contribution >= 4 is 27.9 Å². The first kappa shape index (κ1) is 16.3. The summed E-state index contributed by atoms with van der Waals surface area (Å²) in [7, 11) is -2.24. The van der Waals surface area contributed by atoms with E-state index in [0.29, 0.717) is 4.31 Å². The van der Waals surface area contributed by atoms with E-state index in [0.717, 1.165) is 14.2 Å². The van der Waals surface area contributed by atoms with Crippen molar-refractivity contribution in [2.24, 2.45) is 0 Å². The maximum Gasteiger partial charge on any atom is 0.321 e. The Bertz CT molecular complexity index is 410. The lowest BCUT2D eigenvalue weighted by Gasteiger charge is -2.18. The van der Waals surface area contributed by atoms with E-state index in [1.54, 1.807) is 0 Å². The second kappa shape index (κ2) is 6.91. The first-order valence-electron chi connectivity index (χ1n) is 4.56. The van der Waals surface area contributed by atoms with Crippen LogP contribution in [-0.2, 0) is 33.9 Å². The van der Waals surface area contributed by atoms with E-state index < -0.39 is 46.8 Å². The molecule has 0 unspecified atom stereocenters. The van der Waals surface area contributed by atoms with Crippen molar-refractivity contribution in [1.82, 2.24) is 4.31 Å². The summed E-state index contributed by atoms with van der Waals surface area (Å²) in [6.45, 7) is -1.53. The highest BCUT2D eigenvalue weighted by atomic mass is 32.2. The lowest BCUT2D eigenvalue weighted by molar-refractivity contribution is -0.144. The molecular formula is C8H13NO8S. The van der Waals surface area contributed by atoms with Gasteiger partial charge in [-0.25, -0.2) is 8.42 Å². The molecule has 0 atom stereocenters. The summed E-state index contributed by atoms with van der Waals surface area (Å²) in [4.78, 5) is 32.4. The first-order chi connectivity index (χ1) is 8.22. The minimum atomic E-state index is -4.30. The second-order valence-corrected chi connectivity index (χ2v) is 5.04. The Labute approximate surface area is 103 Å². The number of carboxylic acid groups (broad SMARTS) is 1. The fourth-order valence-electron chi connectivity index (χ4n) is 0.917. The van der Waals surface area contributed by atoms with Crippen LogP contribution in [0.15, 0.2) is 0 Å². The van der Waals surface area contributed by atoms with Gasteiger partial charge in [0.05, 0.1) is 14.2 Å². The summed E-state index contributed by atoms with van der Waals surface area (Å²) < 4.78 is 32.0. The van der Waals surface area contributed by atoms with E-state index in [9.17, 15) is 22.8 Å². The molecular weight excluding hydrogens is 270 g/mol. The predicted molar refractivity (Wildman–Crippen MR) is 57.0 cm³/mol. The number of hydrogen-bond donors (Lipinski definition) is 1. The maximum atomic E-state index is 11.6. The summed E-state index contributed by atoms with van der Waals surface area (Å²) in [5, 5.41) is 8.44. The predicted octanol–water partition coefficient (Wildman–Crippen LogP) is -1.95. The van der Waals surface area contributed by atoms with Crippen molar-refractivity contribution in [1.29, 1.82) is 0 Å². The molecule has 0 aliphatic heterocycles. The summed E-state index contributed by atoms with van der Waals surface area (Å²) in [5.74, 6) is -4.68. The third kappa shape index (κ3) is 5.59. The molecule has 10 heteroatoms. The summed E-state index contributed by atoms with van der Waals surface area (Å²) in [6.07, 6.45) is 0. The van der Waals surface area contributed by atoms with Crippen LogP contribution in [0.3, 0.4) is 0 Å². The van der Waals surface area contributed by atoms with Crippen molar-refractivity contribution in [3.63, 3.8) is 0 Å². The van der Waals surface area contributed by atoms with E-state index in [4.69, 9.17) is 5.11 Å². The number of rotatable bonds is 7. The van der Waals surface area contributed by atoms with Gasteiger partial charge in [-0.2, -0.15) is 4.31 Å². The third-order valence-corrected chi connectivity index (χ3v) is 3.42. The van der Waals surface area contributed by atoms with Crippen LogP contribution < -0.4 is 0 Å². The van der Waals surface area contributed by atoms with Crippen LogP contribution in [-0.4, -0.2) is 68.8 Å². The van der Waals surface area contributed by atoms with E-state index >= 15 is 0 Å². The Morgan fingerprint density at radius 1 is 1.06 bits per heavy atom. The molecule has 0 rings (SSSR count). The maximum absolute atomic E-state index is 11.6. The average Bonchev–Trinajstić information content (AvgIpc) is 2.25. The number of esters is 2. The molecule has 0 amide bonds. The van der Waals surface area contributed by atoms with Gasteiger partial charge < -0.3 is 14.6 Å². The van der Waals surface area contributed by atoms with E-state index in [1.807, 2.05) is 0 Å². The molecule has 0 fully saturated rings. The minimum Gasteiger partial charge on any atom is -0.480 e. The molecule has 0 heterocycles. The Hall–Kier alpha value is -1.68. The van der Waals surface area contributed by atoms with Gasteiger partial charge in [0.1, 0.15) is 13.1 Å². The van der Waals surface area contributed by atoms with Crippen LogP contribution in [0.5, 0.6) is 0 Å². The van der Waals surface area contributed by atoms with Crippen molar-refractivity contribution in [2.75, 3.05) is 33.1 Å². The van der Waals surface area contributed by atoms with Crippen molar-refractivity contribution < 1.29 is 37.4 Å². The van der Waals surface area contributed by atoms with Crippen molar-refractivity contribution in [3.8, 4) is 0 Å². The molecule has 104 valence electrons. The molecule has 0 saturated heterocycles. The molecule has 0 aromatic rings. The molecule has 0 spiro atoms. The Kier molecular flexibility index (Phi) is 6.27. The van der Waals surface area contributed by atoms with Crippen LogP contribution in [0.4, 0.5) is 0 Å². The summed E-state index contributed by atoms with van der Waals surface area (Å²) in [5.41, 5.74) is 0. The van der Waals surface area contributed by atoms with Crippen LogP contribution in [0.2, 0.25) is 0 Å². The molecule has 0 radical (unpaired) electrons. The fraction of sp³-hybridized carbons (Fsp3) is 0.625. The van der Waals surface area contributed by atoms with Crippen LogP contribution >= 0.6 is 0 Å². The smallest absolute Gasteiger partial charge is 0.321 e. The molecule has 0 aliphatic rings. The van der Waals surface area contributed by atoms with Gasteiger partial charge in [-0.05, 0) is 0 Å². The van der Waals surface area contributed by atoms with Gasteiger partial charge in [-0.1, -0.05) is 0 Å². The molecule has 0 bridgehead atoms. The Morgan fingerprint density at radius 3 is 1.72 bits per heavy atom. The standard InChI is InChI=1S/C8H13NO8S/c1-16-7(12)3-9(4-8(13)17-2)18(14,15)5-6(10)11/h3-5H2,1-2H3,(H,10,11). The largest absolute Gasteiger partial charge is 0.480 e. The molecule has 0 saturated carbocycles. The minimum absolute atomic E-state index is 0.388. The molecule has 0 aromatic heterocycles. The Morgan fingerprint density at radius 2 is 1.44 bits per heavy atom. The van der Waals surface area contributed by atoms with Crippen LogP contribution in [0.25, 0.3) is 0 Å². The van der Waals surface area contributed by atoms with Crippen molar-refractivity contribution in [3.05, 3.63) is 0 Å². The van der Waals surface area contributed by atoms with Crippen LogP contribution in [0, 0.1) is 0 Å². The van der Waals surface area contributed by atoms with Crippen LogP contribution in [0.1, 0.15) is 0 Å². The van der Waals surface area contributed by atoms with Gasteiger partial charge in [0, 0.05) is 0 Å². The molecule has 0 aromatic carbocycles. The number of nitrogens with zero attached hydrogens (tertiary/aromatic N) is 1. The number of hydrogen-bond acceptors (Lipinski definition) is 7. The quantitative estimate of drug-likeness (QED) is 0.534. The monoisotopic (exact) mass is 283 g/mol. The molecule has 0 aliphatic carbocycles. The Balaban J connectivity index is 5.01. The normalized spacial score (nSPS) is 11.1. The summed E-state index contributed by atoms with van der Waals surface area (Å²) >= 11 is 0. The molecule has 18 heavy (non-hydrogen) atoms. The third-order valence-electron chi connectivity index (χ3n) is 1.77. The SMILES string of the molecule is COC(=O)CN(CC(=O)OC)S(=O)(=O)CC(=O)O. The number of methoxy groups -OCH3 is 2. The number of carbonyl (C=O) groups is 3. The number of carbonyl (C=O) groups excluding carboxylic acids is 2. The van der Waals surface area contributed by atoms with Gasteiger partial charge in [-0.3, -0.25) is 14.4 Å². The highest BCUT2D eigenvalue weighted by Gasteiger charge is 2.29. The van der Waals surface area contributed by atoms with E-state index in [1.165, 1.54) is 0 Å². The van der Waals surface area contributed by atoms with Gasteiger partial charge in [0.15, 0.2) is 5.75 Å². The van der Waals surface area contributed by atoms with Gasteiger partial charge in [0.25, 0.3) is 0 Å². The van der Waals surface area contributed by atoms with Crippen molar-refractivity contribution in [2.45, 2.75) is 0 Å². The van der Waals surface area contributed by atoms with Gasteiger partial charge in [0.2, 0.25) is 10.0 Å². The summed E-state index contributed by atoms with van der Waals surface area (Å²) in [6, 6.07) is 0. The average molecular weight is 283 g/mol. The zero-order valence-corrected chi connectivity index (χ0v) is 10.6. The highest BCUT2D eigenvalue weighted by Crippen LogP contribution is 2.03. The van der Waals surface area contributed by atoms with Gasteiger partial charge >= 0.3 is 17.9 Å². The number of sulfonamides is 1. The number of aliphatic carboxylic acids is 1. The number of carboxylic acids is 1. The van der Waals surface area contributed by atoms with Gasteiger partial charge in [-0.15, -0.1) is 0 Å². The first-order valence-corrected chi connectivity index (χ1v) is 6.17. The number of ether oxygens (including phenoxy) is 2. The second-order valence-electron chi connectivity index (χ2n) is 3.07. The topological polar surface area (TPSA) is 127 Å². The highest BCUT2D eigenvalue weighted by molar-refractivity contribution is 7.89. The fourth-order valence-corrected chi connectivity index (χ4v) is 2.02. The lowest BCUT2D eigenvalue weighted by Crippen LogP contribution is -2.42. The lowest BCUT2D eigenvalue weighted by atomic mass is 10.6. The van der Waals surface area contributed by atoms with E-state index in [-0.39, 0.29) is 0 Å². The molecule has 1 N–H and O–H groups in total. The van der Waals surface area contributed by atoms with E-state index in [2.05, 4.69) is 9.47 Å². The zero-order chi connectivity index (χ0) is 14.3. The zero-order valence-electron chi connectivity index (χ0n) is 9.78.